The van der Waals surface area contributed by atoms with Crippen LogP contribution >= 0.6 is 0 Å². The number of aryl methyl sites for hydroxylation is 2. The van der Waals surface area contributed by atoms with Crippen LogP contribution in [0.5, 0.6) is 0 Å². The molecular formula is C22H28N2O3. The number of carbonyl (C=O) groups excluding carboxylic acids is 1. The fraction of sp³-hybridized carbons (Fsp3) is 0.455. The van der Waals surface area contributed by atoms with E-state index in [9.17, 15) is 9.59 Å². The Morgan fingerprint density at radius 1 is 1.26 bits per heavy atom. The van der Waals surface area contributed by atoms with Crippen LogP contribution in [-0.4, -0.2) is 25.5 Å². The molecule has 1 aliphatic rings. The van der Waals surface area contributed by atoms with Crippen LogP contribution in [0.2, 0.25) is 0 Å². The molecule has 144 valence electrons. The predicted octanol–water partition coefficient (Wildman–Crippen LogP) is 3.78. The fourth-order valence-corrected chi connectivity index (χ4v) is 3.49. The molecule has 1 amide bonds. The first-order valence-corrected chi connectivity index (χ1v) is 9.74. The zero-order valence-electron chi connectivity index (χ0n) is 16.4. The summed E-state index contributed by atoms with van der Waals surface area (Å²) in [4.78, 5) is 27.0. The molecule has 0 aliphatic heterocycles. The Labute approximate surface area is 160 Å². The summed E-state index contributed by atoms with van der Waals surface area (Å²) >= 11 is 0. The van der Waals surface area contributed by atoms with Crippen LogP contribution in [0.25, 0.3) is 0 Å². The van der Waals surface area contributed by atoms with Crippen molar-refractivity contribution in [2.75, 3.05) is 24.5 Å². The lowest BCUT2D eigenvalue weighted by molar-refractivity contribution is 0.0949. The van der Waals surface area contributed by atoms with Gasteiger partial charge in [0.1, 0.15) is 11.3 Å². The number of hydrogen-bond acceptors (Lipinski definition) is 4. The van der Waals surface area contributed by atoms with Crippen LogP contribution in [0.1, 0.15) is 59.3 Å². The minimum absolute atomic E-state index is 0.122. The lowest BCUT2D eigenvalue weighted by atomic mass is 9.83. The Morgan fingerprint density at radius 3 is 2.63 bits per heavy atom. The predicted molar refractivity (Wildman–Crippen MR) is 108 cm³/mol. The summed E-state index contributed by atoms with van der Waals surface area (Å²) in [6.07, 6.45) is 3.28. The van der Waals surface area contributed by atoms with Crippen molar-refractivity contribution in [2.24, 2.45) is 0 Å². The molecule has 0 unspecified atom stereocenters. The Morgan fingerprint density at radius 2 is 2.04 bits per heavy atom. The molecule has 1 fully saturated rings. The van der Waals surface area contributed by atoms with Gasteiger partial charge in [0, 0.05) is 31.2 Å². The maximum Gasteiger partial charge on any atom is 0.349 e. The van der Waals surface area contributed by atoms with Crippen LogP contribution in [-0.2, 0) is 0 Å². The van der Waals surface area contributed by atoms with Crippen molar-refractivity contribution in [1.29, 1.82) is 0 Å². The minimum Gasteiger partial charge on any atom is -0.427 e. The molecule has 1 N–H and O–H groups in total. The smallest absolute Gasteiger partial charge is 0.349 e. The average molecular weight is 368 g/mol. The molecule has 27 heavy (non-hydrogen) atoms. The van der Waals surface area contributed by atoms with Gasteiger partial charge in [0.2, 0.25) is 0 Å². The zero-order chi connectivity index (χ0) is 19.4. The Kier molecular flexibility index (Phi) is 5.99. The highest BCUT2D eigenvalue weighted by Crippen LogP contribution is 2.36. The molecule has 1 heterocycles. The van der Waals surface area contributed by atoms with E-state index in [-0.39, 0.29) is 11.5 Å². The van der Waals surface area contributed by atoms with E-state index in [4.69, 9.17) is 4.42 Å². The molecule has 5 nitrogen and oxygen atoms in total. The highest BCUT2D eigenvalue weighted by Gasteiger charge is 2.25. The van der Waals surface area contributed by atoms with Gasteiger partial charge in [-0.15, -0.1) is 0 Å². The van der Waals surface area contributed by atoms with Gasteiger partial charge in [-0.3, -0.25) is 4.79 Å². The minimum atomic E-state index is -0.527. The summed E-state index contributed by atoms with van der Waals surface area (Å²) in [6.45, 7) is 7.94. The topological polar surface area (TPSA) is 62.6 Å². The van der Waals surface area contributed by atoms with Gasteiger partial charge in [-0.05, 0) is 62.9 Å². The van der Waals surface area contributed by atoms with Gasteiger partial charge in [-0.2, -0.15) is 0 Å². The summed E-state index contributed by atoms with van der Waals surface area (Å²) in [5, 5.41) is 2.87. The van der Waals surface area contributed by atoms with Gasteiger partial charge in [-0.25, -0.2) is 4.79 Å². The van der Waals surface area contributed by atoms with Gasteiger partial charge in [0.25, 0.3) is 5.91 Å². The second kappa shape index (κ2) is 8.42. The maximum atomic E-state index is 12.5. The van der Waals surface area contributed by atoms with Gasteiger partial charge in [0.05, 0.1) is 0 Å². The molecule has 1 aromatic heterocycles. The molecule has 0 bridgehead atoms. The second-order valence-electron chi connectivity index (χ2n) is 7.30. The summed E-state index contributed by atoms with van der Waals surface area (Å²) in [7, 11) is 0. The first-order chi connectivity index (χ1) is 13.0. The SMILES string of the molecule is CCN(CCNC(=O)c1c(C)cc(C2CCC2)oc1=O)c1cccc(C)c1. The molecule has 1 aliphatic carbocycles. The number of anilines is 1. The van der Waals surface area contributed by atoms with Crippen LogP contribution in [0.3, 0.4) is 0 Å². The Hall–Kier alpha value is -2.56. The van der Waals surface area contributed by atoms with Crippen LogP contribution < -0.4 is 15.8 Å². The quantitative estimate of drug-likeness (QED) is 0.808. The third-order valence-electron chi connectivity index (χ3n) is 5.32. The van der Waals surface area contributed by atoms with E-state index >= 15 is 0 Å². The Bertz CT molecular complexity index is 868. The first-order valence-electron chi connectivity index (χ1n) is 9.74. The number of hydrogen-bond donors (Lipinski definition) is 1. The third kappa shape index (κ3) is 4.41. The van der Waals surface area contributed by atoms with Crippen LogP contribution in [0.4, 0.5) is 5.69 Å². The van der Waals surface area contributed by atoms with Gasteiger partial charge >= 0.3 is 5.63 Å². The molecule has 1 aromatic carbocycles. The number of likely N-dealkylation sites (N-methyl/N-ethyl adjacent to an activating group) is 1. The van der Waals surface area contributed by atoms with Crippen molar-refractivity contribution < 1.29 is 9.21 Å². The molecular weight excluding hydrogens is 340 g/mol. The van der Waals surface area contributed by atoms with Crippen molar-refractivity contribution >= 4 is 11.6 Å². The molecule has 2 aromatic rings. The first kappa shape index (κ1) is 19.2. The zero-order valence-corrected chi connectivity index (χ0v) is 16.4. The average Bonchev–Trinajstić information content (AvgIpc) is 2.56. The van der Waals surface area contributed by atoms with Crippen molar-refractivity contribution in [2.45, 2.75) is 46.0 Å². The van der Waals surface area contributed by atoms with Gasteiger partial charge < -0.3 is 14.6 Å². The molecule has 0 saturated heterocycles. The highest BCUT2D eigenvalue weighted by atomic mass is 16.4. The van der Waals surface area contributed by atoms with Crippen molar-refractivity contribution in [3.63, 3.8) is 0 Å². The van der Waals surface area contributed by atoms with E-state index in [1.54, 1.807) is 6.92 Å². The standard InChI is InChI=1S/C22H28N2O3/c1-4-24(18-10-5-7-15(2)13-18)12-11-23-21(25)20-16(3)14-19(27-22(20)26)17-8-6-9-17/h5,7,10,13-14,17H,4,6,8-9,11-12H2,1-3H3,(H,23,25). The van der Waals surface area contributed by atoms with Crippen LogP contribution in [0, 0.1) is 13.8 Å². The molecule has 1 saturated carbocycles. The van der Waals surface area contributed by atoms with E-state index in [2.05, 4.69) is 42.3 Å². The summed E-state index contributed by atoms with van der Waals surface area (Å²) < 4.78 is 5.42. The Balaban J connectivity index is 1.63. The summed E-state index contributed by atoms with van der Waals surface area (Å²) in [5.41, 5.74) is 2.62. The van der Waals surface area contributed by atoms with E-state index in [0.717, 1.165) is 30.8 Å². The maximum absolute atomic E-state index is 12.5. The largest absolute Gasteiger partial charge is 0.427 e. The van der Waals surface area contributed by atoms with E-state index < -0.39 is 5.63 Å². The van der Waals surface area contributed by atoms with E-state index in [1.807, 2.05) is 12.1 Å². The van der Waals surface area contributed by atoms with Crippen molar-refractivity contribution in [1.82, 2.24) is 5.32 Å². The van der Waals surface area contributed by atoms with Gasteiger partial charge in [0.15, 0.2) is 0 Å². The van der Waals surface area contributed by atoms with E-state index in [1.165, 1.54) is 12.0 Å². The summed E-state index contributed by atoms with van der Waals surface area (Å²) in [6, 6.07) is 10.1. The third-order valence-corrected chi connectivity index (χ3v) is 5.32. The molecule has 0 atom stereocenters. The highest BCUT2D eigenvalue weighted by molar-refractivity contribution is 5.95. The van der Waals surface area contributed by atoms with Crippen molar-refractivity contribution in [3.05, 3.63) is 63.2 Å². The number of nitrogens with one attached hydrogen (secondary N) is 1. The van der Waals surface area contributed by atoms with Crippen molar-refractivity contribution in [3.8, 4) is 0 Å². The molecule has 5 heteroatoms. The number of nitrogens with zero attached hydrogens (tertiary/aromatic N) is 1. The normalized spacial score (nSPS) is 13.9. The monoisotopic (exact) mass is 368 g/mol. The number of rotatable bonds is 7. The van der Waals surface area contributed by atoms with Gasteiger partial charge in [-0.1, -0.05) is 18.6 Å². The number of amides is 1. The summed E-state index contributed by atoms with van der Waals surface area (Å²) in [5.74, 6) is 0.694. The number of benzene rings is 1. The molecule has 0 spiro atoms. The second-order valence-corrected chi connectivity index (χ2v) is 7.30. The lowest BCUT2D eigenvalue weighted by Crippen LogP contribution is -2.37. The molecule has 3 rings (SSSR count). The fourth-order valence-electron chi connectivity index (χ4n) is 3.49. The van der Waals surface area contributed by atoms with E-state index in [0.29, 0.717) is 24.6 Å². The lowest BCUT2D eigenvalue weighted by Gasteiger charge is -2.24. The van der Waals surface area contributed by atoms with Crippen LogP contribution in [0.15, 0.2) is 39.5 Å². The number of carbonyl (C=O) groups is 1. The molecule has 0 radical (unpaired) electrons.